The Hall–Kier alpha value is -1.95. The molecule has 0 aromatic carbocycles. The molecule has 0 unspecified atom stereocenters. The van der Waals surface area contributed by atoms with Gasteiger partial charge in [-0.15, -0.1) is 0 Å². The molecule has 0 fully saturated rings. The van der Waals surface area contributed by atoms with Gasteiger partial charge in [0.15, 0.2) is 5.82 Å². The molecule has 6 heteroatoms. The van der Waals surface area contributed by atoms with Gasteiger partial charge in [0, 0.05) is 24.0 Å². The van der Waals surface area contributed by atoms with Gasteiger partial charge in [-0.1, -0.05) is 6.92 Å². The fraction of sp³-hybridized carbons (Fsp3) is 0.462. The molecule has 2 aromatic heterocycles. The fourth-order valence-electron chi connectivity index (χ4n) is 2.35. The number of nitrogen functional groups attached to an aromatic ring is 1. The summed E-state index contributed by atoms with van der Waals surface area (Å²) >= 11 is 0. The van der Waals surface area contributed by atoms with Crippen molar-refractivity contribution >= 4 is 5.82 Å². The SMILES string of the molecule is CCc1c(C)nc(-c2c(C)nn(C)c2C)nc1NN. The summed E-state index contributed by atoms with van der Waals surface area (Å²) in [5.74, 6) is 6.92. The smallest absolute Gasteiger partial charge is 0.165 e. The molecule has 0 amide bonds. The Morgan fingerprint density at radius 3 is 2.32 bits per heavy atom. The van der Waals surface area contributed by atoms with E-state index in [1.807, 2.05) is 32.5 Å². The molecule has 0 radical (unpaired) electrons. The molecule has 0 bridgehead atoms. The monoisotopic (exact) mass is 260 g/mol. The van der Waals surface area contributed by atoms with Gasteiger partial charge in [-0.25, -0.2) is 15.8 Å². The number of hydrogen-bond donors (Lipinski definition) is 2. The van der Waals surface area contributed by atoms with Crippen LogP contribution in [-0.4, -0.2) is 19.7 Å². The normalized spacial score (nSPS) is 10.8. The van der Waals surface area contributed by atoms with Gasteiger partial charge in [0.05, 0.1) is 11.3 Å². The van der Waals surface area contributed by atoms with Crippen LogP contribution in [0.15, 0.2) is 0 Å². The van der Waals surface area contributed by atoms with Crippen molar-refractivity contribution in [2.75, 3.05) is 5.43 Å². The third-order valence-electron chi connectivity index (χ3n) is 3.44. The summed E-state index contributed by atoms with van der Waals surface area (Å²) in [4.78, 5) is 9.13. The Bertz CT molecular complexity index is 614. The highest BCUT2D eigenvalue weighted by Crippen LogP contribution is 2.26. The zero-order valence-electron chi connectivity index (χ0n) is 12.1. The third kappa shape index (κ3) is 2.19. The van der Waals surface area contributed by atoms with Crippen molar-refractivity contribution in [3.8, 4) is 11.4 Å². The molecular formula is C13H20N6. The van der Waals surface area contributed by atoms with Crippen molar-refractivity contribution in [1.82, 2.24) is 19.7 Å². The molecule has 2 rings (SSSR count). The number of nitrogens with zero attached hydrogens (tertiary/aromatic N) is 4. The van der Waals surface area contributed by atoms with E-state index in [-0.39, 0.29) is 0 Å². The molecule has 0 saturated heterocycles. The molecule has 0 aliphatic carbocycles. The van der Waals surface area contributed by atoms with Gasteiger partial charge in [0.25, 0.3) is 0 Å². The Morgan fingerprint density at radius 1 is 1.16 bits per heavy atom. The maximum Gasteiger partial charge on any atom is 0.165 e. The number of rotatable bonds is 3. The highest BCUT2D eigenvalue weighted by Gasteiger charge is 2.17. The third-order valence-corrected chi connectivity index (χ3v) is 3.44. The highest BCUT2D eigenvalue weighted by molar-refractivity contribution is 5.64. The number of hydrogen-bond acceptors (Lipinski definition) is 5. The molecule has 19 heavy (non-hydrogen) atoms. The van der Waals surface area contributed by atoms with Gasteiger partial charge >= 0.3 is 0 Å². The zero-order valence-corrected chi connectivity index (χ0v) is 12.1. The van der Waals surface area contributed by atoms with Gasteiger partial charge < -0.3 is 5.43 Å². The summed E-state index contributed by atoms with van der Waals surface area (Å²) in [6, 6.07) is 0. The van der Waals surface area contributed by atoms with Crippen LogP contribution in [0.4, 0.5) is 5.82 Å². The van der Waals surface area contributed by atoms with E-state index in [9.17, 15) is 0 Å². The predicted molar refractivity (Wildman–Crippen MR) is 75.6 cm³/mol. The Balaban J connectivity index is 2.67. The first-order valence-corrected chi connectivity index (χ1v) is 6.34. The highest BCUT2D eigenvalue weighted by atomic mass is 15.3. The fourth-order valence-corrected chi connectivity index (χ4v) is 2.35. The van der Waals surface area contributed by atoms with Crippen LogP contribution in [-0.2, 0) is 13.5 Å². The van der Waals surface area contributed by atoms with E-state index in [2.05, 4.69) is 27.4 Å². The minimum atomic E-state index is 0.672. The first-order chi connectivity index (χ1) is 8.99. The zero-order chi connectivity index (χ0) is 14.2. The van der Waals surface area contributed by atoms with Gasteiger partial charge in [0.2, 0.25) is 0 Å². The Kier molecular flexibility index (Phi) is 3.53. The average Bonchev–Trinajstić information content (AvgIpc) is 2.62. The van der Waals surface area contributed by atoms with Crippen LogP contribution in [0.2, 0.25) is 0 Å². The lowest BCUT2D eigenvalue weighted by Gasteiger charge is -2.11. The topological polar surface area (TPSA) is 81.7 Å². The number of anilines is 1. The van der Waals surface area contributed by atoms with E-state index in [1.54, 1.807) is 0 Å². The van der Waals surface area contributed by atoms with Crippen LogP contribution in [0, 0.1) is 20.8 Å². The van der Waals surface area contributed by atoms with Crippen LogP contribution >= 0.6 is 0 Å². The molecule has 0 aliphatic rings. The van der Waals surface area contributed by atoms with Crippen LogP contribution < -0.4 is 11.3 Å². The quantitative estimate of drug-likeness (QED) is 0.648. The lowest BCUT2D eigenvalue weighted by Crippen LogP contribution is -2.13. The molecule has 102 valence electrons. The second kappa shape index (κ2) is 4.97. The summed E-state index contributed by atoms with van der Waals surface area (Å²) in [6.07, 6.45) is 0.844. The van der Waals surface area contributed by atoms with Crippen molar-refractivity contribution in [3.05, 3.63) is 22.6 Å². The molecule has 3 N–H and O–H groups in total. The Labute approximate surface area is 113 Å². The standard InChI is InChI=1S/C13H20N6/c1-6-10-7(2)15-13(16-12(10)17-14)11-8(3)18-19(5)9(11)4/h6,14H2,1-5H3,(H,15,16,17). The molecule has 2 heterocycles. The van der Waals surface area contributed by atoms with Crippen molar-refractivity contribution in [1.29, 1.82) is 0 Å². The van der Waals surface area contributed by atoms with E-state index in [1.165, 1.54) is 0 Å². The molecular weight excluding hydrogens is 240 g/mol. The first-order valence-electron chi connectivity index (χ1n) is 6.34. The van der Waals surface area contributed by atoms with Crippen molar-refractivity contribution in [3.63, 3.8) is 0 Å². The maximum absolute atomic E-state index is 5.56. The number of hydrazine groups is 1. The molecule has 0 saturated carbocycles. The Morgan fingerprint density at radius 2 is 1.84 bits per heavy atom. The lowest BCUT2D eigenvalue weighted by atomic mass is 10.1. The summed E-state index contributed by atoms with van der Waals surface area (Å²) < 4.78 is 1.84. The van der Waals surface area contributed by atoms with Gasteiger partial charge in [0.1, 0.15) is 5.82 Å². The van der Waals surface area contributed by atoms with Gasteiger partial charge in [-0.05, 0) is 27.2 Å². The van der Waals surface area contributed by atoms with Crippen LogP contribution in [0.3, 0.4) is 0 Å². The largest absolute Gasteiger partial charge is 0.308 e. The minimum Gasteiger partial charge on any atom is -0.308 e. The summed E-state index contributed by atoms with van der Waals surface area (Å²) in [6.45, 7) is 8.01. The predicted octanol–water partition coefficient (Wildman–Crippen LogP) is 1.65. The molecule has 2 aromatic rings. The van der Waals surface area contributed by atoms with Gasteiger partial charge in [-0.3, -0.25) is 4.68 Å². The molecule has 0 atom stereocenters. The lowest BCUT2D eigenvalue weighted by molar-refractivity contribution is 0.731. The first kappa shape index (κ1) is 13.5. The number of nitrogens with one attached hydrogen (secondary N) is 1. The second-order valence-corrected chi connectivity index (χ2v) is 4.63. The van der Waals surface area contributed by atoms with E-state index in [4.69, 9.17) is 5.84 Å². The molecule has 6 nitrogen and oxygen atoms in total. The van der Waals surface area contributed by atoms with E-state index in [0.29, 0.717) is 11.6 Å². The minimum absolute atomic E-state index is 0.672. The summed E-state index contributed by atoms with van der Waals surface area (Å²) in [5, 5.41) is 4.40. The van der Waals surface area contributed by atoms with Crippen molar-refractivity contribution in [2.24, 2.45) is 12.9 Å². The molecule has 0 spiro atoms. The van der Waals surface area contributed by atoms with Crippen molar-refractivity contribution in [2.45, 2.75) is 34.1 Å². The van der Waals surface area contributed by atoms with Crippen molar-refractivity contribution < 1.29 is 0 Å². The van der Waals surface area contributed by atoms with Gasteiger partial charge in [-0.2, -0.15) is 5.10 Å². The van der Waals surface area contributed by atoms with E-state index >= 15 is 0 Å². The maximum atomic E-state index is 5.56. The molecule has 0 aliphatic heterocycles. The second-order valence-electron chi connectivity index (χ2n) is 4.63. The number of aromatic nitrogens is 4. The average molecular weight is 260 g/mol. The summed E-state index contributed by atoms with van der Waals surface area (Å²) in [7, 11) is 1.92. The van der Waals surface area contributed by atoms with Crippen LogP contribution in [0.1, 0.15) is 29.6 Å². The van der Waals surface area contributed by atoms with E-state index in [0.717, 1.165) is 34.6 Å². The summed E-state index contributed by atoms with van der Waals surface area (Å²) in [5.41, 5.74) is 7.60. The number of nitrogens with two attached hydrogens (primary N) is 1. The van der Waals surface area contributed by atoms with E-state index < -0.39 is 0 Å². The van der Waals surface area contributed by atoms with Crippen LogP contribution in [0.5, 0.6) is 0 Å². The number of aryl methyl sites for hydroxylation is 3. The van der Waals surface area contributed by atoms with Crippen LogP contribution in [0.25, 0.3) is 11.4 Å².